The van der Waals surface area contributed by atoms with E-state index in [0.29, 0.717) is 5.56 Å². The van der Waals surface area contributed by atoms with Crippen LogP contribution in [0.5, 0.6) is 0 Å². The second-order valence-electron chi connectivity index (χ2n) is 4.07. The van der Waals surface area contributed by atoms with Gasteiger partial charge in [-0.25, -0.2) is 4.79 Å². The zero-order valence-electron chi connectivity index (χ0n) is 9.05. The van der Waals surface area contributed by atoms with Crippen LogP contribution in [0.1, 0.15) is 10.4 Å². The normalized spacial score (nSPS) is 10.2. The van der Waals surface area contributed by atoms with Gasteiger partial charge in [0.1, 0.15) is 0 Å². The zero-order chi connectivity index (χ0) is 11.8. The number of fused-ring (bicyclic) bond motifs is 2. The summed E-state index contributed by atoms with van der Waals surface area (Å²) in [6.45, 7) is 0. The van der Waals surface area contributed by atoms with Gasteiger partial charge in [0, 0.05) is 0 Å². The van der Waals surface area contributed by atoms with Gasteiger partial charge in [-0.05, 0) is 45.8 Å². The summed E-state index contributed by atoms with van der Waals surface area (Å²) in [6.07, 6.45) is 0. The molecule has 0 radical (unpaired) electrons. The zero-order valence-corrected chi connectivity index (χ0v) is 9.05. The molecule has 0 amide bonds. The third kappa shape index (κ3) is 2.27. The van der Waals surface area contributed by atoms with E-state index in [9.17, 15) is 4.79 Å². The predicted octanol–water partition coefficient (Wildman–Crippen LogP) is 3.04. The first-order valence-corrected chi connectivity index (χ1v) is 5.40. The monoisotopic (exact) mass is 246 g/mol. The van der Waals surface area contributed by atoms with Crippen LogP contribution in [0.2, 0.25) is 0 Å². The number of carboxylic acids is 1. The van der Waals surface area contributed by atoms with Crippen molar-refractivity contribution in [3.63, 3.8) is 0 Å². The first kappa shape index (κ1) is 13.1. The number of carboxylic acid groups (broad SMARTS) is 1. The summed E-state index contributed by atoms with van der Waals surface area (Å²) in [5.74, 6) is -0.889. The van der Waals surface area contributed by atoms with Gasteiger partial charge in [-0.1, -0.05) is 30.3 Å². The van der Waals surface area contributed by atoms with Gasteiger partial charge >= 0.3 is 35.5 Å². The molecule has 1 N–H and O–H groups in total. The van der Waals surface area contributed by atoms with Crippen LogP contribution in [-0.4, -0.2) is 40.6 Å². The minimum atomic E-state index is -0.889. The fourth-order valence-corrected chi connectivity index (χ4v) is 2.07. The molecule has 0 spiro atoms. The van der Waals surface area contributed by atoms with Crippen LogP contribution in [-0.2, 0) is 0 Å². The van der Waals surface area contributed by atoms with E-state index < -0.39 is 5.97 Å². The molecule has 0 heterocycles. The van der Waals surface area contributed by atoms with Crippen molar-refractivity contribution in [3.05, 3.63) is 60.2 Å². The average molecular weight is 246 g/mol. The SMILES string of the molecule is O=C(O)c1ccc2cc3ccccc3cc2c1.[NaH]. The van der Waals surface area contributed by atoms with Gasteiger partial charge in [-0.15, -0.1) is 0 Å². The second-order valence-corrected chi connectivity index (χ2v) is 4.07. The van der Waals surface area contributed by atoms with E-state index in [-0.39, 0.29) is 29.6 Å². The molecular weight excluding hydrogens is 235 g/mol. The van der Waals surface area contributed by atoms with Crippen LogP contribution in [0, 0.1) is 0 Å². The Morgan fingerprint density at radius 1 is 0.778 bits per heavy atom. The van der Waals surface area contributed by atoms with E-state index in [0.717, 1.165) is 16.2 Å². The summed E-state index contributed by atoms with van der Waals surface area (Å²) in [7, 11) is 0. The molecule has 3 aromatic carbocycles. The Balaban J connectivity index is 0.00000120. The Labute approximate surface area is 127 Å². The third-order valence-corrected chi connectivity index (χ3v) is 2.95. The number of carbonyl (C=O) groups is 1. The summed E-state index contributed by atoms with van der Waals surface area (Å²) >= 11 is 0. The van der Waals surface area contributed by atoms with Crippen LogP contribution < -0.4 is 0 Å². The van der Waals surface area contributed by atoms with E-state index in [2.05, 4.69) is 12.1 Å². The van der Waals surface area contributed by atoms with E-state index in [1.165, 1.54) is 5.39 Å². The minimum absolute atomic E-state index is 0. The maximum atomic E-state index is 10.9. The first-order valence-electron chi connectivity index (χ1n) is 5.40. The molecule has 18 heavy (non-hydrogen) atoms. The average Bonchev–Trinajstić information content (AvgIpc) is 2.35. The molecule has 0 saturated carbocycles. The van der Waals surface area contributed by atoms with Crippen molar-refractivity contribution < 1.29 is 9.90 Å². The Bertz CT molecular complexity index is 735. The van der Waals surface area contributed by atoms with Crippen LogP contribution in [0.15, 0.2) is 54.6 Å². The van der Waals surface area contributed by atoms with E-state index in [1.807, 2.05) is 30.3 Å². The molecule has 84 valence electrons. The van der Waals surface area contributed by atoms with Crippen molar-refractivity contribution in [2.45, 2.75) is 0 Å². The number of hydrogen-bond acceptors (Lipinski definition) is 1. The molecule has 3 rings (SSSR count). The molecule has 0 atom stereocenters. The van der Waals surface area contributed by atoms with Gasteiger partial charge in [-0.2, -0.15) is 0 Å². The second kappa shape index (κ2) is 5.11. The fraction of sp³-hybridized carbons (Fsp3) is 0. The van der Waals surface area contributed by atoms with Gasteiger partial charge in [0.25, 0.3) is 0 Å². The maximum absolute atomic E-state index is 10.9. The summed E-state index contributed by atoms with van der Waals surface area (Å²) in [5.41, 5.74) is 0.327. The topological polar surface area (TPSA) is 37.3 Å². The standard InChI is InChI=1S/C15H10O2.Na.H/c16-15(17)13-6-5-12-7-10-3-1-2-4-11(10)8-14(12)9-13;;/h1-9H,(H,16,17);;. The first-order chi connectivity index (χ1) is 8.24. The van der Waals surface area contributed by atoms with Gasteiger partial charge in [-0.3, -0.25) is 0 Å². The number of benzene rings is 3. The summed E-state index contributed by atoms with van der Waals surface area (Å²) in [4.78, 5) is 10.9. The third-order valence-electron chi connectivity index (χ3n) is 2.95. The van der Waals surface area contributed by atoms with E-state index in [1.54, 1.807) is 12.1 Å². The Kier molecular flexibility index (Phi) is 3.71. The predicted molar refractivity (Wildman–Crippen MR) is 75.6 cm³/mol. The molecule has 0 saturated heterocycles. The van der Waals surface area contributed by atoms with Gasteiger partial charge in [0.05, 0.1) is 5.56 Å². The quantitative estimate of drug-likeness (QED) is 0.529. The summed E-state index contributed by atoms with van der Waals surface area (Å²) in [6, 6.07) is 17.4. The van der Waals surface area contributed by atoms with Crippen LogP contribution >= 0.6 is 0 Å². The number of aromatic carboxylic acids is 1. The van der Waals surface area contributed by atoms with Crippen molar-refractivity contribution in [1.29, 1.82) is 0 Å². The molecule has 0 bridgehead atoms. The number of hydrogen-bond donors (Lipinski definition) is 1. The molecule has 2 nitrogen and oxygen atoms in total. The Morgan fingerprint density at radius 3 is 1.94 bits per heavy atom. The molecule has 3 aromatic rings. The molecule has 0 aliphatic carbocycles. The summed E-state index contributed by atoms with van der Waals surface area (Å²) in [5, 5.41) is 13.3. The van der Waals surface area contributed by atoms with Gasteiger partial charge in [0.2, 0.25) is 0 Å². The van der Waals surface area contributed by atoms with Crippen molar-refractivity contribution in [3.8, 4) is 0 Å². The molecule has 0 fully saturated rings. The van der Waals surface area contributed by atoms with Crippen molar-refractivity contribution in [2.24, 2.45) is 0 Å². The van der Waals surface area contributed by atoms with Gasteiger partial charge in [0.15, 0.2) is 0 Å². The van der Waals surface area contributed by atoms with Crippen LogP contribution in [0.4, 0.5) is 0 Å². The molecule has 3 heteroatoms. The van der Waals surface area contributed by atoms with Crippen molar-refractivity contribution >= 4 is 57.1 Å². The number of rotatable bonds is 1. The molecule has 0 unspecified atom stereocenters. The Hall–Kier alpha value is -1.35. The van der Waals surface area contributed by atoms with Gasteiger partial charge < -0.3 is 5.11 Å². The fourth-order valence-electron chi connectivity index (χ4n) is 2.07. The van der Waals surface area contributed by atoms with Crippen LogP contribution in [0.25, 0.3) is 21.5 Å². The summed E-state index contributed by atoms with van der Waals surface area (Å²) < 4.78 is 0. The molecule has 0 aliphatic rings. The van der Waals surface area contributed by atoms with Crippen molar-refractivity contribution in [1.82, 2.24) is 0 Å². The molecular formula is C15H11NaO2. The van der Waals surface area contributed by atoms with Crippen molar-refractivity contribution in [2.75, 3.05) is 0 Å². The Morgan fingerprint density at radius 2 is 1.33 bits per heavy atom. The molecule has 0 aromatic heterocycles. The van der Waals surface area contributed by atoms with Crippen LogP contribution in [0.3, 0.4) is 0 Å². The van der Waals surface area contributed by atoms with E-state index >= 15 is 0 Å². The molecule has 0 aliphatic heterocycles. The van der Waals surface area contributed by atoms with E-state index in [4.69, 9.17) is 5.11 Å².